The molecule has 29 heavy (non-hydrogen) atoms. The van der Waals surface area contributed by atoms with Crippen LogP contribution in [0.2, 0.25) is 5.02 Å². The summed E-state index contributed by atoms with van der Waals surface area (Å²) < 4.78 is 0. The number of carbonyl (C=O) groups is 2. The second-order valence-corrected chi connectivity index (χ2v) is 8.30. The molecule has 2 N–H and O–H groups in total. The van der Waals surface area contributed by atoms with Crippen molar-refractivity contribution in [2.45, 2.75) is 6.92 Å². The number of carboxylic acid groups (broad SMARTS) is 1. The van der Waals surface area contributed by atoms with Gasteiger partial charge in [-0.3, -0.25) is 4.79 Å². The molecule has 2 aliphatic heterocycles. The van der Waals surface area contributed by atoms with Gasteiger partial charge < -0.3 is 19.9 Å². The summed E-state index contributed by atoms with van der Waals surface area (Å²) in [5.41, 5.74) is 2.45. The van der Waals surface area contributed by atoms with Gasteiger partial charge in [-0.05, 0) is 12.1 Å². The molecule has 1 amide bonds. The predicted molar refractivity (Wildman–Crippen MR) is 108 cm³/mol. The van der Waals surface area contributed by atoms with Crippen LogP contribution in [0.4, 0.5) is 5.95 Å². The minimum absolute atomic E-state index is 0.122. The van der Waals surface area contributed by atoms with Crippen molar-refractivity contribution < 1.29 is 14.7 Å². The maximum atomic E-state index is 11.4. The smallest absolute Gasteiger partial charge is 0.337 e. The molecule has 5 rings (SSSR count). The van der Waals surface area contributed by atoms with E-state index in [1.165, 1.54) is 6.20 Å². The molecule has 0 aliphatic carbocycles. The highest BCUT2D eigenvalue weighted by Crippen LogP contribution is 2.41. The van der Waals surface area contributed by atoms with Crippen LogP contribution in [0.15, 0.2) is 30.7 Å². The lowest BCUT2D eigenvalue weighted by Crippen LogP contribution is -2.73. The number of halogens is 1. The summed E-state index contributed by atoms with van der Waals surface area (Å²) in [6.07, 6.45) is 4.87. The molecule has 1 spiro atoms. The minimum Gasteiger partial charge on any atom is -0.478 e. The molecule has 2 aliphatic rings. The van der Waals surface area contributed by atoms with Crippen molar-refractivity contribution in [1.29, 1.82) is 0 Å². The van der Waals surface area contributed by atoms with Gasteiger partial charge in [-0.2, -0.15) is 0 Å². The van der Waals surface area contributed by atoms with Crippen molar-refractivity contribution in [3.05, 3.63) is 41.3 Å². The molecule has 1 aromatic carbocycles. The van der Waals surface area contributed by atoms with Crippen molar-refractivity contribution in [3.8, 4) is 11.1 Å². The first-order chi connectivity index (χ1) is 13.8. The second kappa shape index (κ2) is 6.18. The number of aromatic nitrogens is 3. The highest BCUT2D eigenvalue weighted by molar-refractivity contribution is 6.34. The second-order valence-electron chi connectivity index (χ2n) is 7.89. The summed E-state index contributed by atoms with van der Waals surface area (Å²) in [7, 11) is 0. The average molecular weight is 412 g/mol. The molecule has 8 nitrogen and oxygen atoms in total. The third kappa shape index (κ3) is 2.82. The van der Waals surface area contributed by atoms with E-state index in [0.29, 0.717) is 27.4 Å². The van der Waals surface area contributed by atoms with Gasteiger partial charge in [-0.1, -0.05) is 11.6 Å². The van der Waals surface area contributed by atoms with E-state index in [1.807, 2.05) is 4.90 Å². The fourth-order valence-corrected chi connectivity index (χ4v) is 4.53. The first-order valence-corrected chi connectivity index (χ1v) is 9.60. The Labute approximate surface area is 171 Å². The van der Waals surface area contributed by atoms with Gasteiger partial charge in [0.1, 0.15) is 0 Å². The van der Waals surface area contributed by atoms with Crippen molar-refractivity contribution in [2.24, 2.45) is 5.41 Å². The van der Waals surface area contributed by atoms with Crippen molar-refractivity contribution >= 4 is 40.3 Å². The summed E-state index contributed by atoms with van der Waals surface area (Å²) in [6.45, 7) is 4.88. The normalized spacial score (nSPS) is 17.3. The topological polar surface area (TPSA) is 102 Å². The number of amides is 1. The fraction of sp³-hybridized carbons (Fsp3) is 0.300. The van der Waals surface area contributed by atoms with Gasteiger partial charge in [-0.25, -0.2) is 14.8 Å². The molecule has 148 valence electrons. The summed E-state index contributed by atoms with van der Waals surface area (Å²) >= 11 is 6.40. The Balaban J connectivity index is 1.36. The number of H-pyrrole nitrogens is 1. The minimum atomic E-state index is -0.998. The van der Waals surface area contributed by atoms with E-state index in [4.69, 9.17) is 11.6 Å². The van der Waals surface area contributed by atoms with E-state index < -0.39 is 5.97 Å². The highest BCUT2D eigenvalue weighted by Gasteiger charge is 2.53. The number of benzene rings is 1. The number of aromatic carboxylic acids is 1. The van der Waals surface area contributed by atoms with Crippen LogP contribution in [-0.2, 0) is 4.79 Å². The molecule has 2 fully saturated rings. The number of rotatable bonds is 3. The van der Waals surface area contributed by atoms with Gasteiger partial charge in [0.2, 0.25) is 11.9 Å². The number of likely N-dealkylation sites (tertiary alicyclic amines) is 1. The zero-order valence-corrected chi connectivity index (χ0v) is 16.4. The molecule has 3 aromatic rings. The quantitative estimate of drug-likeness (QED) is 0.686. The monoisotopic (exact) mass is 411 g/mol. The SMILES string of the molecule is CC(=O)N1CC2(C1)CN(c1ncc(-c3cc4c(C(=O)O)c[nH]c4cc3Cl)cn1)C2. The highest BCUT2D eigenvalue weighted by atomic mass is 35.5. The maximum absolute atomic E-state index is 11.4. The molecule has 4 heterocycles. The zero-order valence-electron chi connectivity index (χ0n) is 15.6. The molecular formula is C20H18ClN5O3. The van der Waals surface area contributed by atoms with E-state index in [9.17, 15) is 14.7 Å². The Morgan fingerprint density at radius 3 is 2.48 bits per heavy atom. The van der Waals surface area contributed by atoms with Gasteiger partial charge in [0.15, 0.2) is 0 Å². The van der Waals surface area contributed by atoms with Crippen molar-refractivity contribution in [1.82, 2.24) is 19.9 Å². The van der Waals surface area contributed by atoms with Crippen molar-refractivity contribution in [3.63, 3.8) is 0 Å². The Morgan fingerprint density at radius 2 is 1.86 bits per heavy atom. The lowest BCUT2D eigenvalue weighted by molar-refractivity contribution is -0.142. The first kappa shape index (κ1) is 17.9. The van der Waals surface area contributed by atoms with Crippen LogP contribution in [0, 0.1) is 5.41 Å². The van der Waals surface area contributed by atoms with Gasteiger partial charge in [0.25, 0.3) is 0 Å². The number of carboxylic acids is 1. The summed E-state index contributed by atoms with van der Waals surface area (Å²) in [5, 5.41) is 10.4. The fourth-order valence-electron chi connectivity index (χ4n) is 4.26. The van der Waals surface area contributed by atoms with Gasteiger partial charge in [0.05, 0.1) is 10.6 Å². The van der Waals surface area contributed by atoms with E-state index in [1.54, 1.807) is 31.5 Å². The van der Waals surface area contributed by atoms with Crippen molar-refractivity contribution in [2.75, 3.05) is 31.1 Å². The van der Waals surface area contributed by atoms with E-state index in [2.05, 4.69) is 19.9 Å². The third-order valence-electron chi connectivity index (χ3n) is 5.78. The van der Waals surface area contributed by atoms with Crippen LogP contribution in [0.5, 0.6) is 0 Å². The number of carbonyl (C=O) groups excluding carboxylic acids is 1. The molecule has 9 heteroatoms. The number of hydrogen-bond donors (Lipinski definition) is 2. The van der Waals surface area contributed by atoms with Gasteiger partial charge >= 0.3 is 5.97 Å². The number of nitrogens with zero attached hydrogens (tertiary/aromatic N) is 4. The van der Waals surface area contributed by atoms with E-state index >= 15 is 0 Å². The van der Waals surface area contributed by atoms with Crippen LogP contribution < -0.4 is 4.90 Å². The molecule has 0 saturated carbocycles. The lowest BCUT2D eigenvalue weighted by atomic mass is 9.73. The molecule has 0 bridgehead atoms. The van der Waals surface area contributed by atoms with Crippen LogP contribution >= 0.6 is 11.6 Å². The van der Waals surface area contributed by atoms with Crippen LogP contribution in [0.1, 0.15) is 17.3 Å². The van der Waals surface area contributed by atoms with Crippen LogP contribution in [0.25, 0.3) is 22.0 Å². The molecule has 2 saturated heterocycles. The third-order valence-corrected chi connectivity index (χ3v) is 6.09. The van der Waals surface area contributed by atoms with Crippen LogP contribution in [-0.4, -0.2) is 63.0 Å². The number of nitrogens with one attached hydrogen (secondary N) is 1. The maximum Gasteiger partial charge on any atom is 0.337 e. The number of fused-ring (bicyclic) bond motifs is 1. The average Bonchev–Trinajstić information content (AvgIpc) is 3.02. The molecule has 0 radical (unpaired) electrons. The number of aromatic amines is 1. The van der Waals surface area contributed by atoms with Gasteiger partial charge in [-0.15, -0.1) is 0 Å². The van der Waals surface area contributed by atoms with Crippen LogP contribution in [0.3, 0.4) is 0 Å². The molecule has 2 aromatic heterocycles. The Kier molecular flexibility index (Phi) is 3.82. The summed E-state index contributed by atoms with van der Waals surface area (Å²) in [4.78, 5) is 38.6. The molecular weight excluding hydrogens is 394 g/mol. The van der Waals surface area contributed by atoms with E-state index in [-0.39, 0.29) is 16.9 Å². The standard InChI is InChI=1S/C20H18ClN5O3/c1-11(27)25-7-20(8-25)9-26(10-20)19-23-4-12(5-24-19)13-2-14-15(18(28)29)6-22-17(14)3-16(13)21/h2-6,22H,7-10H2,1H3,(H,28,29). The Hall–Kier alpha value is -3.13. The number of anilines is 1. The number of hydrogen-bond acceptors (Lipinski definition) is 5. The molecule has 0 unspecified atom stereocenters. The van der Waals surface area contributed by atoms with E-state index in [0.717, 1.165) is 31.7 Å². The first-order valence-electron chi connectivity index (χ1n) is 9.22. The Morgan fingerprint density at radius 1 is 1.17 bits per heavy atom. The lowest BCUT2D eigenvalue weighted by Gasteiger charge is -2.59. The van der Waals surface area contributed by atoms with Gasteiger partial charge in [0, 0.05) is 79.1 Å². The summed E-state index contributed by atoms with van der Waals surface area (Å²) in [5.74, 6) is -0.232. The zero-order chi connectivity index (χ0) is 20.3. The Bertz CT molecular complexity index is 1140. The summed E-state index contributed by atoms with van der Waals surface area (Å²) in [6, 6.07) is 3.46. The largest absolute Gasteiger partial charge is 0.478 e. The predicted octanol–water partition coefficient (Wildman–Crippen LogP) is 2.65. The molecule has 0 atom stereocenters.